The van der Waals surface area contributed by atoms with Gasteiger partial charge in [-0.05, 0) is 16.7 Å². The first-order chi connectivity index (χ1) is 13.4. The maximum Gasteiger partial charge on any atom is 0.569 e. The molecule has 5 heteroatoms. The van der Waals surface area contributed by atoms with E-state index in [9.17, 15) is 0 Å². The van der Waals surface area contributed by atoms with E-state index in [1.165, 1.54) is 0 Å². The average Bonchev–Trinajstić information content (AvgIpc) is 3.20. The van der Waals surface area contributed by atoms with E-state index in [0.29, 0.717) is 13.4 Å². The molecule has 1 N–H and O–H groups in total. The maximum absolute atomic E-state index is 9.00. The molecule has 0 unspecified atom stereocenters. The average molecular weight is 353 g/mol. The van der Waals surface area contributed by atoms with Crippen LogP contribution < -0.4 is 4.65 Å². The molecule has 27 heavy (non-hydrogen) atoms. The van der Waals surface area contributed by atoms with Gasteiger partial charge in [-0.2, -0.15) is 5.10 Å². The summed E-state index contributed by atoms with van der Waals surface area (Å²) in [5, 5.41) is 13.6. The Balaban J connectivity index is 2.06. The minimum absolute atomic E-state index is 0.463. The van der Waals surface area contributed by atoms with Crippen molar-refractivity contribution in [1.29, 1.82) is 0 Å². The van der Waals surface area contributed by atoms with Crippen LogP contribution in [0.2, 0.25) is 0 Å². The summed E-state index contributed by atoms with van der Waals surface area (Å²) in [6.07, 6.45) is 3.38. The third-order valence-electron chi connectivity index (χ3n) is 4.67. The molecular weight excluding hydrogens is 335 g/mol. The van der Waals surface area contributed by atoms with Gasteiger partial charge in [0.2, 0.25) is 0 Å². The van der Waals surface area contributed by atoms with Crippen LogP contribution in [-0.2, 0) is 5.54 Å². The molecule has 0 saturated heterocycles. The molecule has 4 aromatic rings. The Bertz CT molecular complexity index is 892. The highest BCUT2D eigenvalue weighted by Crippen LogP contribution is 2.40. The van der Waals surface area contributed by atoms with Crippen LogP contribution in [-0.4, -0.2) is 22.5 Å². The summed E-state index contributed by atoms with van der Waals surface area (Å²) in [5.74, 6) is 0.463. The Hall–Kier alpha value is -3.31. The lowest BCUT2D eigenvalue weighted by Gasteiger charge is -2.36. The SMILES string of the molecule is O[B]Oc1cnn(C(c2ccccc2)(c2ccccc2)c2ccccc2)c1. The summed E-state index contributed by atoms with van der Waals surface area (Å²) in [7, 11) is 0.663. The van der Waals surface area contributed by atoms with Crippen molar-refractivity contribution < 1.29 is 9.68 Å². The number of rotatable bonds is 6. The van der Waals surface area contributed by atoms with Crippen LogP contribution >= 0.6 is 0 Å². The van der Waals surface area contributed by atoms with Crippen LogP contribution in [0.3, 0.4) is 0 Å². The molecule has 0 aliphatic heterocycles. The van der Waals surface area contributed by atoms with E-state index in [1.807, 2.05) is 59.3 Å². The van der Waals surface area contributed by atoms with Gasteiger partial charge in [-0.1, -0.05) is 91.0 Å². The van der Waals surface area contributed by atoms with Crippen LogP contribution in [0.1, 0.15) is 16.7 Å². The highest BCUT2D eigenvalue weighted by atomic mass is 16.5. The molecule has 1 heterocycles. The fraction of sp³-hybridized carbons (Fsp3) is 0.0455. The second-order valence-corrected chi connectivity index (χ2v) is 6.15. The lowest BCUT2D eigenvalue weighted by atomic mass is 9.77. The third-order valence-corrected chi connectivity index (χ3v) is 4.67. The number of aromatic nitrogens is 2. The molecule has 0 aliphatic rings. The van der Waals surface area contributed by atoms with Gasteiger partial charge in [0, 0.05) is 0 Å². The molecule has 0 amide bonds. The van der Waals surface area contributed by atoms with Crippen molar-refractivity contribution in [1.82, 2.24) is 9.78 Å². The molecule has 0 saturated carbocycles. The fourth-order valence-electron chi connectivity index (χ4n) is 3.55. The predicted octanol–water partition coefficient (Wildman–Crippen LogP) is 3.63. The van der Waals surface area contributed by atoms with Gasteiger partial charge in [0.1, 0.15) is 11.3 Å². The van der Waals surface area contributed by atoms with Crippen molar-refractivity contribution in [3.8, 4) is 5.75 Å². The lowest BCUT2D eigenvalue weighted by Crippen LogP contribution is -2.38. The second kappa shape index (κ2) is 7.52. The Labute approximate surface area is 159 Å². The number of hydrogen-bond donors (Lipinski definition) is 1. The Morgan fingerprint density at radius 3 is 1.59 bits per heavy atom. The van der Waals surface area contributed by atoms with E-state index in [0.717, 1.165) is 16.7 Å². The van der Waals surface area contributed by atoms with Gasteiger partial charge in [0.05, 0.1) is 12.4 Å². The summed E-state index contributed by atoms with van der Waals surface area (Å²) in [4.78, 5) is 0. The summed E-state index contributed by atoms with van der Waals surface area (Å²) in [5.41, 5.74) is 2.54. The van der Waals surface area contributed by atoms with Gasteiger partial charge < -0.3 is 9.68 Å². The monoisotopic (exact) mass is 353 g/mol. The molecule has 0 fully saturated rings. The summed E-state index contributed by atoms with van der Waals surface area (Å²) >= 11 is 0. The smallest absolute Gasteiger partial charge is 0.535 e. The second-order valence-electron chi connectivity index (χ2n) is 6.15. The van der Waals surface area contributed by atoms with Crippen molar-refractivity contribution in [2.75, 3.05) is 0 Å². The first kappa shape index (κ1) is 17.1. The molecule has 3 aromatic carbocycles. The van der Waals surface area contributed by atoms with Crippen LogP contribution in [0, 0.1) is 0 Å². The Kier molecular flexibility index (Phi) is 4.77. The van der Waals surface area contributed by atoms with Crippen LogP contribution in [0.15, 0.2) is 103 Å². The predicted molar refractivity (Wildman–Crippen MR) is 105 cm³/mol. The minimum Gasteiger partial charge on any atom is -0.535 e. The van der Waals surface area contributed by atoms with Gasteiger partial charge in [-0.15, -0.1) is 0 Å². The van der Waals surface area contributed by atoms with Crippen molar-refractivity contribution in [3.05, 3.63) is 120 Å². The molecular formula is C22H18BN2O2. The van der Waals surface area contributed by atoms with E-state index in [4.69, 9.17) is 9.68 Å². The van der Waals surface area contributed by atoms with Crippen molar-refractivity contribution in [2.45, 2.75) is 5.54 Å². The van der Waals surface area contributed by atoms with E-state index in [2.05, 4.69) is 41.5 Å². The van der Waals surface area contributed by atoms with Crippen molar-refractivity contribution in [2.24, 2.45) is 0 Å². The molecule has 1 radical (unpaired) electrons. The van der Waals surface area contributed by atoms with E-state index >= 15 is 0 Å². The van der Waals surface area contributed by atoms with E-state index in [1.54, 1.807) is 12.4 Å². The fourth-order valence-corrected chi connectivity index (χ4v) is 3.55. The highest BCUT2D eigenvalue weighted by molar-refractivity contribution is 6.17. The molecule has 0 spiro atoms. The summed E-state index contributed by atoms with van der Waals surface area (Å²) in [6, 6.07) is 30.8. The quantitative estimate of drug-likeness (QED) is 0.425. The molecule has 0 atom stereocenters. The van der Waals surface area contributed by atoms with Gasteiger partial charge >= 0.3 is 7.69 Å². The zero-order chi connectivity index (χ0) is 18.5. The molecule has 4 rings (SSSR count). The first-order valence-corrected chi connectivity index (χ1v) is 8.70. The summed E-state index contributed by atoms with van der Waals surface area (Å²) in [6.45, 7) is 0. The number of nitrogens with zero attached hydrogens (tertiary/aromatic N) is 2. The van der Waals surface area contributed by atoms with E-state index < -0.39 is 5.54 Å². The Morgan fingerprint density at radius 1 is 0.741 bits per heavy atom. The zero-order valence-electron chi connectivity index (χ0n) is 14.6. The third kappa shape index (κ3) is 3.02. The maximum atomic E-state index is 9.00. The van der Waals surface area contributed by atoms with Crippen molar-refractivity contribution in [3.63, 3.8) is 0 Å². The van der Waals surface area contributed by atoms with Gasteiger partial charge in [0.15, 0.2) is 0 Å². The zero-order valence-corrected chi connectivity index (χ0v) is 14.6. The standard InChI is InChI=1S/C22H18BN2O2/c26-23-27-21-16-24-25(17-21)22(18-10-4-1-5-11-18,19-12-6-2-7-13-19)20-14-8-3-9-15-20/h1-17,26H. The van der Waals surface area contributed by atoms with Crippen molar-refractivity contribution >= 4 is 7.69 Å². The molecule has 131 valence electrons. The van der Waals surface area contributed by atoms with Gasteiger partial charge in [0.25, 0.3) is 0 Å². The van der Waals surface area contributed by atoms with Crippen LogP contribution in [0.4, 0.5) is 0 Å². The van der Waals surface area contributed by atoms with Gasteiger partial charge in [-0.25, -0.2) is 4.68 Å². The first-order valence-electron chi connectivity index (χ1n) is 8.70. The topological polar surface area (TPSA) is 47.3 Å². The summed E-state index contributed by atoms with van der Waals surface area (Å²) < 4.78 is 7.02. The Morgan fingerprint density at radius 2 is 1.19 bits per heavy atom. The molecule has 4 nitrogen and oxygen atoms in total. The highest BCUT2D eigenvalue weighted by Gasteiger charge is 2.39. The molecule has 0 aliphatic carbocycles. The lowest BCUT2D eigenvalue weighted by molar-refractivity contribution is 0.443. The number of hydrogen-bond acceptors (Lipinski definition) is 3. The van der Waals surface area contributed by atoms with Gasteiger partial charge in [-0.3, -0.25) is 0 Å². The van der Waals surface area contributed by atoms with Crippen LogP contribution in [0.5, 0.6) is 5.75 Å². The molecule has 0 bridgehead atoms. The normalized spacial score (nSPS) is 11.1. The van der Waals surface area contributed by atoms with Crippen LogP contribution in [0.25, 0.3) is 0 Å². The molecule has 1 aromatic heterocycles. The van der Waals surface area contributed by atoms with E-state index in [-0.39, 0.29) is 0 Å². The largest absolute Gasteiger partial charge is 0.569 e. The number of benzene rings is 3. The minimum atomic E-state index is -0.680.